The summed E-state index contributed by atoms with van der Waals surface area (Å²) >= 11 is 0. The van der Waals surface area contributed by atoms with E-state index in [1.54, 1.807) is 0 Å². The summed E-state index contributed by atoms with van der Waals surface area (Å²) in [6, 6.07) is 8.72. The Hall–Kier alpha value is -0.591. The zero-order chi connectivity index (χ0) is 13.3. The number of carbonyl (C=O) groups is 1. The second-order valence-corrected chi connectivity index (χ2v) is 35.6. The van der Waals surface area contributed by atoms with Crippen LogP contribution in [0.15, 0.2) is 24.3 Å². The first-order valence-electron chi connectivity index (χ1n) is 8.84. The van der Waals surface area contributed by atoms with Gasteiger partial charge in [-0.3, -0.25) is 0 Å². The summed E-state index contributed by atoms with van der Waals surface area (Å²) in [5, 5.41) is 0. The van der Waals surface area contributed by atoms with Gasteiger partial charge in [-0.15, -0.1) is 0 Å². The topological polar surface area (TPSA) is 17.1 Å². The molecule has 0 aromatic heterocycles. The van der Waals surface area contributed by atoms with Gasteiger partial charge in [0.15, 0.2) is 0 Å². The van der Waals surface area contributed by atoms with Crippen LogP contribution in [-0.4, -0.2) is 5.78 Å². The number of rotatable bonds is 3. The Kier molecular flexibility index (Phi) is 0.312. The zero-order valence-corrected chi connectivity index (χ0v) is 13.1. The van der Waals surface area contributed by atoms with Crippen molar-refractivity contribution in [1.82, 2.24) is 0 Å². The van der Waals surface area contributed by atoms with Crippen molar-refractivity contribution < 1.29 is 11.3 Å². The molecule has 1 aromatic rings. The molecule has 0 N–H and O–H groups in total. The van der Waals surface area contributed by atoms with Crippen LogP contribution in [0.4, 0.5) is 0 Å². The second-order valence-electron chi connectivity index (χ2n) is 12.1. The van der Waals surface area contributed by atoms with Gasteiger partial charge in [-0.1, -0.05) is 0 Å². The van der Waals surface area contributed by atoms with Crippen LogP contribution in [0.2, 0.25) is 47.7 Å². The van der Waals surface area contributed by atoms with Crippen molar-refractivity contribution in [2.75, 3.05) is 0 Å². The molecule has 10 fully saturated rings. The number of ketones is 1. The van der Waals surface area contributed by atoms with Gasteiger partial charge >= 0.3 is 113 Å². The predicted octanol–water partition coefficient (Wildman–Crippen LogP) is 5.19. The van der Waals surface area contributed by atoms with Gasteiger partial charge in [0.1, 0.15) is 0 Å². The van der Waals surface area contributed by atoms with E-state index in [1.807, 2.05) is 0 Å². The molecule has 0 saturated carbocycles. The third kappa shape index (κ3) is 0.107. The van der Waals surface area contributed by atoms with E-state index in [-0.39, 0.29) is 0 Å². The van der Waals surface area contributed by atoms with E-state index in [2.05, 4.69) is 31.2 Å². The third-order valence-electron chi connectivity index (χ3n) is 16.6. The maximum atomic E-state index is 13.7. The van der Waals surface area contributed by atoms with E-state index >= 15 is 0 Å². The van der Waals surface area contributed by atoms with E-state index in [1.165, 1.54) is 39.3 Å². The Bertz CT molecular complexity index is 1190. The standard InChI is InChI=1S/C14H13O.C5H5.Fe/c1-2-11-6-5-9-13(10-11)14(15)12-7-3-4-8-12;1-2-4-5-3-1;/h3-10H,2H2,1H3;1-5H;. The molecule has 1 nitrogen and oxygen atoms in total. The van der Waals surface area contributed by atoms with Crippen molar-refractivity contribution in [3.8, 4) is 0 Å². The molecular weight excluding hydrogens is 300 g/mol. The van der Waals surface area contributed by atoms with Crippen LogP contribution in [0.1, 0.15) is 22.8 Å². The van der Waals surface area contributed by atoms with Gasteiger partial charge in [-0.25, -0.2) is 0 Å². The maximum absolute atomic E-state index is 13.7. The van der Waals surface area contributed by atoms with Gasteiger partial charge in [0.25, 0.3) is 0 Å². The minimum atomic E-state index is -3.23. The van der Waals surface area contributed by atoms with Gasteiger partial charge in [-0.2, -0.15) is 0 Å². The third-order valence-corrected chi connectivity index (χ3v) is 58.9. The summed E-state index contributed by atoms with van der Waals surface area (Å²) in [5.41, 5.74) is 2.47. The summed E-state index contributed by atoms with van der Waals surface area (Å²) in [6.45, 7) is -1.02. The van der Waals surface area contributed by atoms with Gasteiger partial charge in [0.2, 0.25) is 0 Å². The molecule has 10 heterocycles. The van der Waals surface area contributed by atoms with Crippen molar-refractivity contribution >= 4 is 5.78 Å². The van der Waals surface area contributed by atoms with Crippen LogP contribution < -0.4 is 0 Å². The number of Topliss-reactive ketones (excluding diaryl/α,β-unsaturated/α-hetero) is 1. The fourth-order valence-corrected chi connectivity index (χ4v) is 91.8. The second kappa shape index (κ2) is 0.787. The number of fused-ring (bicyclic) bond motifs is 10. The molecule has 10 aliphatic heterocycles. The Morgan fingerprint density at radius 3 is 2.10 bits per heavy atom. The minimum absolute atomic E-state index is 0.408. The molecule has 0 radical (unpaired) electrons. The zero-order valence-electron chi connectivity index (χ0n) is 12.0. The molecule has 10 saturated heterocycles. The first-order valence-corrected chi connectivity index (χ1v) is 15.1. The number of hydrogen-bond acceptors (Lipinski definition) is 1. The quantitative estimate of drug-likeness (QED) is 0.553. The van der Waals surface area contributed by atoms with Gasteiger partial charge in [0.05, 0.1) is 0 Å². The van der Waals surface area contributed by atoms with Crippen LogP contribution in [-0.2, 0) is 12.9 Å². The molecule has 0 bridgehead atoms. The van der Waals surface area contributed by atoms with E-state index in [4.69, 9.17) is 0 Å². The van der Waals surface area contributed by atoms with Crippen LogP contribution >= 0.6 is 0 Å². The Morgan fingerprint density at radius 2 is 1.67 bits per heavy atom. The first kappa shape index (κ1) is 8.31. The number of hydrogen-bond donors (Lipinski definition) is 0. The normalized spacial score (nSPS) is 98.4. The number of benzene rings is 1. The molecule has 108 valence electrons. The molecule has 0 amide bonds. The molecule has 1 spiro atoms. The molecule has 10 aliphatic rings. The predicted molar refractivity (Wildman–Crippen MR) is 76.6 cm³/mol. The molecular formula is C19H18FeO. The average molecular weight is 318 g/mol. The Morgan fingerprint density at radius 1 is 1.05 bits per heavy atom. The SMILES string of the molecule is CCc1cccc(C(=O)[C]23[CH]4[CH]5[CH]6[CH]2[Fe]56432789[CH]3[CH]2[CH]7[CH]8[CH]39)c1. The fourth-order valence-electron chi connectivity index (χ4n) is 18.0. The molecule has 11 rings (SSSR count). The number of carbonyl (C=O) groups excluding carboxylic acids is 1. The van der Waals surface area contributed by atoms with Crippen LogP contribution in [0.25, 0.3) is 0 Å². The van der Waals surface area contributed by atoms with Crippen LogP contribution in [0.5, 0.6) is 0 Å². The van der Waals surface area contributed by atoms with Crippen molar-refractivity contribution in [1.29, 1.82) is 0 Å². The Balaban J connectivity index is 1.33. The van der Waals surface area contributed by atoms with Gasteiger partial charge < -0.3 is 0 Å². The molecule has 2 heteroatoms. The molecule has 4 atom stereocenters. The molecule has 1 aromatic carbocycles. The van der Waals surface area contributed by atoms with E-state index in [0.29, 0.717) is 10.1 Å². The summed E-state index contributed by atoms with van der Waals surface area (Å²) in [5.74, 6) is 0.698. The summed E-state index contributed by atoms with van der Waals surface area (Å²) in [7, 11) is 0. The Labute approximate surface area is 113 Å². The average Bonchev–Trinajstić information content (AvgIpc) is 3.47. The molecule has 21 heavy (non-hydrogen) atoms. The summed E-state index contributed by atoms with van der Waals surface area (Å²) in [6.07, 6.45) is 1.06. The van der Waals surface area contributed by atoms with Crippen LogP contribution in [0, 0.1) is 0 Å². The molecule has 4 unspecified atom stereocenters. The van der Waals surface area contributed by atoms with Crippen molar-refractivity contribution in [3.05, 3.63) is 35.4 Å². The van der Waals surface area contributed by atoms with E-state index < -0.39 is 6.51 Å². The van der Waals surface area contributed by atoms with E-state index in [0.717, 1.165) is 21.6 Å². The van der Waals surface area contributed by atoms with Crippen LogP contribution in [0.3, 0.4) is 0 Å². The summed E-state index contributed by atoms with van der Waals surface area (Å²) < 4.78 is 0.408. The van der Waals surface area contributed by atoms with Crippen molar-refractivity contribution in [3.63, 3.8) is 0 Å². The number of aryl methyl sites for hydroxylation is 1. The van der Waals surface area contributed by atoms with Gasteiger partial charge in [-0.05, 0) is 0 Å². The van der Waals surface area contributed by atoms with Crippen molar-refractivity contribution in [2.45, 2.75) is 61.0 Å². The fraction of sp³-hybridized carbons (Fsp3) is 0.632. The molecule has 0 aliphatic carbocycles. The van der Waals surface area contributed by atoms with Gasteiger partial charge in [0, 0.05) is 0 Å². The summed E-state index contributed by atoms with van der Waals surface area (Å²) in [4.78, 5) is 24.7. The van der Waals surface area contributed by atoms with E-state index in [9.17, 15) is 4.79 Å². The first-order chi connectivity index (χ1) is 9.99. The monoisotopic (exact) mass is 318 g/mol. The van der Waals surface area contributed by atoms with Crippen molar-refractivity contribution in [2.24, 2.45) is 0 Å².